The molecule has 8 heteroatoms. The van der Waals surface area contributed by atoms with E-state index in [4.69, 9.17) is 4.74 Å². The van der Waals surface area contributed by atoms with Crippen LogP contribution in [0.1, 0.15) is 31.2 Å². The zero-order valence-electron chi connectivity index (χ0n) is 14.8. The third-order valence-electron chi connectivity index (χ3n) is 4.63. The van der Waals surface area contributed by atoms with Crippen molar-refractivity contribution in [1.82, 2.24) is 19.6 Å². The summed E-state index contributed by atoms with van der Waals surface area (Å²) >= 11 is 3.42. The highest BCUT2D eigenvalue weighted by Crippen LogP contribution is 2.26. The highest BCUT2D eigenvalue weighted by molar-refractivity contribution is 9.10. The van der Waals surface area contributed by atoms with E-state index in [1.807, 2.05) is 37.3 Å². The van der Waals surface area contributed by atoms with Crippen molar-refractivity contribution in [2.75, 3.05) is 6.61 Å². The Morgan fingerprint density at radius 1 is 1.26 bits per heavy atom. The molecule has 27 heavy (non-hydrogen) atoms. The molecule has 1 saturated heterocycles. The first-order chi connectivity index (χ1) is 13.0. The van der Waals surface area contributed by atoms with Crippen LogP contribution >= 0.6 is 15.9 Å². The Bertz CT molecular complexity index is 1020. The van der Waals surface area contributed by atoms with Gasteiger partial charge in [-0.2, -0.15) is 14.9 Å². The summed E-state index contributed by atoms with van der Waals surface area (Å²) in [6.45, 7) is 2.44. The standard InChI is InChI=1S/C19H19BrN4O3/c1-12-10-15(13-5-7-14(20)8-6-13)22-23(12)18-16(25)11-21-24(19(18)26)17-4-2-3-9-27-17/h5-8,10-11,17,25H,2-4,9H2,1H3. The first kappa shape index (κ1) is 17.9. The van der Waals surface area contributed by atoms with E-state index in [2.05, 4.69) is 26.1 Å². The van der Waals surface area contributed by atoms with Crippen molar-refractivity contribution in [3.05, 3.63) is 57.0 Å². The van der Waals surface area contributed by atoms with Crippen molar-refractivity contribution in [3.63, 3.8) is 0 Å². The normalized spacial score (nSPS) is 17.2. The van der Waals surface area contributed by atoms with Crippen LogP contribution in [-0.2, 0) is 4.74 Å². The molecule has 1 unspecified atom stereocenters. The van der Waals surface area contributed by atoms with Gasteiger partial charge in [-0.1, -0.05) is 28.1 Å². The molecule has 0 saturated carbocycles. The van der Waals surface area contributed by atoms with Crippen LogP contribution in [0.25, 0.3) is 16.9 Å². The predicted molar refractivity (Wildman–Crippen MR) is 104 cm³/mol. The van der Waals surface area contributed by atoms with Gasteiger partial charge in [0.05, 0.1) is 11.9 Å². The molecule has 7 nitrogen and oxygen atoms in total. The van der Waals surface area contributed by atoms with Crippen LogP contribution in [0.2, 0.25) is 0 Å². The molecule has 0 aliphatic carbocycles. The van der Waals surface area contributed by atoms with Crippen LogP contribution in [0.3, 0.4) is 0 Å². The molecule has 2 aromatic heterocycles. The fourth-order valence-electron chi connectivity index (χ4n) is 3.23. The lowest BCUT2D eigenvalue weighted by Gasteiger charge is -2.23. The second-order valence-electron chi connectivity index (χ2n) is 6.54. The van der Waals surface area contributed by atoms with Crippen molar-refractivity contribution in [2.24, 2.45) is 0 Å². The van der Waals surface area contributed by atoms with Gasteiger partial charge in [0.25, 0.3) is 5.56 Å². The molecule has 4 rings (SSSR count). The first-order valence-corrected chi connectivity index (χ1v) is 9.59. The van der Waals surface area contributed by atoms with E-state index in [1.165, 1.54) is 15.6 Å². The lowest BCUT2D eigenvalue weighted by atomic mass is 10.1. The van der Waals surface area contributed by atoms with Gasteiger partial charge in [-0.25, -0.2) is 4.68 Å². The van der Waals surface area contributed by atoms with Crippen molar-refractivity contribution in [2.45, 2.75) is 32.4 Å². The number of aromatic hydroxyl groups is 1. The summed E-state index contributed by atoms with van der Waals surface area (Å²) in [5, 5.41) is 18.9. The quantitative estimate of drug-likeness (QED) is 0.686. The van der Waals surface area contributed by atoms with Crippen molar-refractivity contribution < 1.29 is 9.84 Å². The summed E-state index contributed by atoms with van der Waals surface area (Å²) in [4.78, 5) is 13.0. The number of rotatable bonds is 3. The minimum Gasteiger partial charge on any atom is -0.504 e. The molecule has 1 aliphatic rings. The van der Waals surface area contributed by atoms with Gasteiger partial charge in [0.2, 0.25) is 0 Å². The van der Waals surface area contributed by atoms with E-state index in [0.29, 0.717) is 6.61 Å². The maximum atomic E-state index is 13.0. The number of nitrogens with zero attached hydrogens (tertiary/aromatic N) is 4. The molecule has 0 spiro atoms. The van der Waals surface area contributed by atoms with Crippen molar-refractivity contribution >= 4 is 15.9 Å². The molecule has 0 amide bonds. The molecule has 1 N–H and O–H groups in total. The fraction of sp³-hybridized carbons (Fsp3) is 0.316. The fourth-order valence-corrected chi connectivity index (χ4v) is 3.50. The average molecular weight is 431 g/mol. The summed E-state index contributed by atoms with van der Waals surface area (Å²) in [6, 6.07) is 9.62. The number of halogens is 1. The predicted octanol–water partition coefficient (Wildman–Crippen LogP) is 3.57. The smallest absolute Gasteiger partial charge is 0.298 e. The Labute approximate surface area is 164 Å². The summed E-state index contributed by atoms with van der Waals surface area (Å²) < 4.78 is 9.42. The third kappa shape index (κ3) is 3.42. The van der Waals surface area contributed by atoms with E-state index in [1.54, 1.807) is 0 Å². The number of aromatic nitrogens is 4. The first-order valence-electron chi connectivity index (χ1n) is 8.80. The Hall–Kier alpha value is -2.45. The zero-order chi connectivity index (χ0) is 19.0. The Balaban J connectivity index is 1.79. The molecule has 0 radical (unpaired) electrons. The van der Waals surface area contributed by atoms with Gasteiger partial charge >= 0.3 is 0 Å². The van der Waals surface area contributed by atoms with Gasteiger partial charge < -0.3 is 9.84 Å². The van der Waals surface area contributed by atoms with Crippen molar-refractivity contribution in [3.8, 4) is 22.7 Å². The van der Waals surface area contributed by atoms with Crippen LogP contribution in [0.5, 0.6) is 5.75 Å². The lowest BCUT2D eigenvalue weighted by Crippen LogP contribution is -2.33. The van der Waals surface area contributed by atoms with E-state index in [0.717, 1.165) is 40.7 Å². The van der Waals surface area contributed by atoms with E-state index in [9.17, 15) is 9.90 Å². The average Bonchev–Trinajstić information content (AvgIpc) is 3.05. The van der Waals surface area contributed by atoms with Gasteiger partial charge in [-0.05, 0) is 44.4 Å². The number of ether oxygens (including phenoxy) is 1. The van der Waals surface area contributed by atoms with Gasteiger partial charge in [0, 0.05) is 22.3 Å². The van der Waals surface area contributed by atoms with Crippen LogP contribution in [0, 0.1) is 6.92 Å². The summed E-state index contributed by atoms with van der Waals surface area (Å²) in [6.07, 6.45) is 3.54. The Morgan fingerprint density at radius 2 is 2.04 bits per heavy atom. The van der Waals surface area contributed by atoms with E-state index < -0.39 is 11.8 Å². The second kappa shape index (κ2) is 7.28. The Kier molecular flexibility index (Phi) is 4.84. The van der Waals surface area contributed by atoms with Crippen LogP contribution in [0.4, 0.5) is 0 Å². The zero-order valence-corrected chi connectivity index (χ0v) is 16.4. The minimum absolute atomic E-state index is 0.0834. The van der Waals surface area contributed by atoms with E-state index in [-0.39, 0.29) is 11.4 Å². The number of aryl methyl sites for hydroxylation is 1. The maximum Gasteiger partial charge on any atom is 0.298 e. The highest BCUT2D eigenvalue weighted by atomic mass is 79.9. The SMILES string of the molecule is Cc1cc(-c2ccc(Br)cc2)nn1-c1c(O)cnn(C2CCCCO2)c1=O. The molecule has 1 atom stereocenters. The Morgan fingerprint density at radius 3 is 2.74 bits per heavy atom. The van der Waals surface area contributed by atoms with Crippen LogP contribution in [-0.4, -0.2) is 31.3 Å². The molecule has 3 aromatic rings. The topological polar surface area (TPSA) is 82.2 Å². The molecule has 1 fully saturated rings. The molecule has 1 aliphatic heterocycles. The summed E-state index contributed by atoms with van der Waals surface area (Å²) in [5.74, 6) is -0.208. The largest absolute Gasteiger partial charge is 0.504 e. The van der Waals surface area contributed by atoms with Crippen LogP contribution < -0.4 is 5.56 Å². The maximum absolute atomic E-state index is 13.0. The summed E-state index contributed by atoms with van der Waals surface area (Å²) in [5.41, 5.74) is 2.04. The molecule has 0 bridgehead atoms. The highest BCUT2D eigenvalue weighted by Gasteiger charge is 2.23. The van der Waals surface area contributed by atoms with Gasteiger partial charge in [0.1, 0.15) is 0 Å². The molecule has 3 heterocycles. The summed E-state index contributed by atoms with van der Waals surface area (Å²) in [7, 11) is 0. The number of hydrogen-bond acceptors (Lipinski definition) is 5. The van der Waals surface area contributed by atoms with Gasteiger partial charge in [-0.15, -0.1) is 0 Å². The third-order valence-corrected chi connectivity index (χ3v) is 5.15. The van der Waals surface area contributed by atoms with Gasteiger partial charge in [-0.3, -0.25) is 4.79 Å². The minimum atomic E-state index is -0.421. The van der Waals surface area contributed by atoms with Gasteiger partial charge in [0.15, 0.2) is 17.7 Å². The number of benzene rings is 1. The molecular formula is C19H19BrN4O3. The molecule has 1 aromatic carbocycles. The lowest BCUT2D eigenvalue weighted by molar-refractivity contribution is -0.0426. The van der Waals surface area contributed by atoms with E-state index >= 15 is 0 Å². The van der Waals surface area contributed by atoms with Crippen molar-refractivity contribution in [1.29, 1.82) is 0 Å². The van der Waals surface area contributed by atoms with Crippen LogP contribution in [0.15, 0.2) is 45.8 Å². The monoisotopic (exact) mass is 430 g/mol. The second-order valence-corrected chi connectivity index (χ2v) is 7.45. The molecular weight excluding hydrogens is 412 g/mol. The molecule has 140 valence electrons. The number of hydrogen-bond donors (Lipinski definition) is 1.